The monoisotopic (exact) mass is 203 g/mol. The Labute approximate surface area is 81.7 Å². The minimum absolute atomic E-state index is 0.260. The predicted molar refractivity (Wildman–Crippen MR) is 45.1 cm³/mol. The maximum atomic E-state index is 11.2. The zero-order valence-electron chi connectivity index (χ0n) is 8.35. The molecule has 0 aromatic rings. The molecular formula is C8H13NO5. The molecule has 0 aliphatic carbocycles. The van der Waals surface area contributed by atoms with Gasteiger partial charge in [-0.1, -0.05) is 0 Å². The van der Waals surface area contributed by atoms with E-state index in [9.17, 15) is 9.59 Å². The fraction of sp³-hybridized carbons (Fsp3) is 0.750. The molecule has 0 aromatic carbocycles. The van der Waals surface area contributed by atoms with Crippen molar-refractivity contribution >= 4 is 11.9 Å². The number of ether oxygens (including phenoxy) is 2. The molecule has 0 saturated carbocycles. The number of nitrogens with zero attached hydrogens (tertiary/aromatic N) is 1. The molecule has 6 nitrogen and oxygen atoms in total. The molecule has 2 atom stereocenters. The van der Waals surface area contributed by atoms with Crippen LogP contribution in [0.15, 0.2) is 0 Å². The number of likely N-dealkylation sites (N-methyl/N-ethyl adjacent to an activating group) is 1. The van der Waals surface area contributed by atoms with E-state index < -0.39 is 24.1 Å². The van der Waals surface area contributed by atoms with Gasteiger partial charge in [-0.3, -0.25) is 9.63 Å². The van der Waals surface area contributed by atoms with E-state index in [2.05, 4.69) is 9.47 Å². The first kappa shape index (κ1) is 10.9. The Hall–Kier alpha value is -1.14. The van der Waals surface area contributed by atoms with Crippen molar-refractivity contribution in [3.05, 3.63) is 0 Å². The van der Waals surface area contributed by atoms with Gasteiger partial charge >= 0.3 is 11.9 Å². The topological polar surface area (TPSA) is 65.1 Å². The molecule has 0 N–H and O–H groups in total. The van der Waals surface area contributed by atoms with Crippen LogP contribution in [0, 0.1) is 0 Å². The molecule has 1 rings (SSSR count). The molecule has 0 radical (unpaired) electrons. The van der Waals surface area contributed by atoms with Crippen LogP contribution in [0.5, 0.6) is 0 Å². The third-order valence-electron chi connectivity index (χ3n) is 2.11. The van der Waals surface area contributed by atoms with Gasteiger partial charge in [0.1, 0.15) is 6.04 Å². The molecule has 0 unspecified atom stereocenters. The van der Waals surface area contributed by atoms with E-state index in [4.69, 9.17) is 4.84 Å². The largest absolute Gasteiger partial charge is 0.468 e. The number of carbonyl (C=O) groups excluding carboxylic acids is 2. The highest BCUT2D eigenvalue weighted by atomic mass is 16.7. The zero-order valence-corrected chi connectivity index (χ0v) is 8.35. The Bertz CT molecular complexity index is 242. The fourth-order valence-electron chi connectivity index (χ4n) is 1.32. The Morgan fingerprint density at radius 3 is 2.36 bits per heavy atom. The fourth-order valence-corrected chi connectivity index (χ4v) is 1.32. The molecule has 6 heteroatoms. The van der Waals surface area contributed by atoms with Gasteiger partial charge in [-0.25, -0.2) is 4.79 Å². The van der Waals surface area contributed by atoms with Crippen molar-refractivity contribution in [2.45, 2.75) is 18.6 Å². The van der Waals surface area contributed by atoms with Crippen LogP contribution in [-0.2, 0) is 23.9 Å². The summed E-state index contributed by atoms with van der Waals surface area (Å²) < 4.78 is 9.05. The minimum Gasteiger partial charge on any atom is -0.468 e. The van der Waals surface area contributed by atoms with Gasteiger partial charge in [-0.05, 0) is 0 Å². The first-order valence-corrected chi connectivity index (χ1v) is 4.15. The van der Waals surface area contributed by atoms with Crippen molar-refractivity contribution in [2.75, 3.05) is 21.3 Å². The molecule has 0 spiro atoms. The number of carbonyl (C=O) groups is 2. The molecule has 0 bridgehead atoms. The van der Waals surface area contributed by atoms with Crippen molar-refractivity contribution in [3.63, 3.8) is 0 Å². The smallest absolute Gasteiger partial charge is 0.337 e. The van der Waals surface area contributed by atoms with E-state index in [1.807, 2.05) is 0 Å². The van der Waals surface area contributed by atoms with Crippen LogP contribution in [0.3, 0.4) is 0 Å². The van der Waals surface area contributed by atoms with E-state index in [0.717, 1.165) is 0 Å². The summed E-state index contributed by atoms with van der Waals surface area (Å²) in [5.41, 5.74) is 0. The van der Waals surface area contributed by atoms with Gasteiger partial charge in [0, 0.05) is 13.5 Å². The molecule has 0 aromatic heterocycles. The lowest BCUT2D eigenvalue weighted by molar-refractivity contribution is -0.185. The molecule has 1 fully saturated rings. The van der Waals surface area contributed by atoms with Crippen LogP contribution in [0.4, 0.5) is 0 Å². The number of rotatable bonds is 2. The summed E-state index contributed by atoms with van der Waals surface area (Å²) in [5.74, 6) is -0.901. The first-order chi connectivity index (χ1) is 6.60. The summed E-state index contributed by atoms with van der Waals surface area (Å²) in [6, 6.07) is -0.538. The van der Waals surface area contributed by atoms with E-state index in [1.165, 1.54) is 19.3 Å². The minimum atomic E-state index is -0.714. The van der Waals surface area contributed by atoms with E-state index in [-0.39, 0.29) is 6.42 Å². The van der Waals surface area contributed by atoms with E-state index in [0.29, 0.717) is 0 Å². The van der Waals surface area contributed by atoms with Crippen molar-refractivity contribution in [1.82, 2.24) is 5.06 Å². The molecule has 1 heterocycles. The van der Waals surface area contributed by atoms with Crippen LogP contribution < -0.4 is 0 Å². The molecule has 1 aliphatic rings. The normalized spacial score (nSPS) is 27.4. The summed E-state index contributed by atoms with van der Waals surface area (Å²) in [5, 5.41) is 1.31. The summed E-state index contributed by atoms with van der Waals surface area (Å²) in [7, 11) is 4.14. The number of hydrogen-bond donors (Lipinski definition) is 0. The summed E-state index contributed by atoms with van der Waals surface area (Å²) >= 11 is 0. The molecule has 0 amide bonds. The number of esters is 2. The standard InChI is InChI=1S/C8H13NO5/c1-9-5(7(10)12-2)4-6(14-9)8(11)13-3/h5-6H,4H2,1-3H3/t5-,6-/m0/s1. The maximum Gasteiger partial charge on any atom is 0.337 e. The highest BCUT2D eigenvalue weighted by Gasteiger charge is 2.40. The highest BCUT2D eigenvalue weighted by molar-refractivity contribution is 5.80. The summed E-state index contributed by atoms with van der Waals surface area (Å²) in [4.78, 5) is 27.4. The number of hydroxylamine groups is 2. The van der Waals surface area contributed by atoms with Crippen molar-refractivity contribution in [1.29, 1.82) is 0 Å². The van der Waals surface area contributed by atoms with Gasteiger partial charge in [0.25, 0.3) is 0 Å². The van der Waals surface area contributed by atoms with Gasteiger partial charge in [0.05, 0.1) is 14.2 Å². The van der Waals surface area contributed by atoms with E-state index in [1.54, 1.807) is 7.05 Å². The molecule has 1 aliphatic heterocycles. The molecular weight excluding hydrogens is 190 g/mol. The van der Waals surface area contributed by atoms with Crippen LogP contribution in [-0.4, -0.2) is 50.4 Å². The van der Waals surface area contributed by atoms with Crippen LogP contribution in [0.25, 0.3) is 0 Å². The second kappa shape index (κ2) is 4.39. The lowest BCUT2D eigenvalue weighted by atomic mass is 10.1. The Balaban J connectivity index is 2.59. The average Bonchev–Trinajstić information content (AvgIpc) is 2.58. The average molecular weight is 203 g/mol. The lowest BCUT2D eigenvalue weighted by Crippen LogP contribution is -2.32. The second-order valence-corrected chi connectivity index (χ2v) is 2.94. The number of hydrogen-bond acceptors (Lipinski definition) is 6. The maximum absolute atomic E-state index is 11.2. The molecule has 1 saturated heterocycles. The van der Waals surface area contributed by atoms with Gasteiger partial charge < -0.3 is 9.47 Å². The van der Waals surface area contributed by atoms with Crippen molar-refractivity contribution in [3.8, 4) is 0 Å². The van der Waals surface area contributed by atoms with Crippen LogP contribution in [0.2, 0.25) is 0 Å². The first-order valence-electron chi connectivity index (χ1n) is 4.15. The second-order valence-electron chi connectivity index (χ2n) is 2.94. The van der Waals surface area contributed by atoms with Gasteiger partial charge in [-0.2, -0.15) is 5.06 Å². The zero-order chi connectivity index (χ0) is 10.7. The summed E-state index contributed by atoms with van der Waals surface area (Å²) in [6.07, 6.45) is -0.454. The SMILES string of the molecule is COC(=O)[C@@H]1C[C@@H](C(=O)OC)N(C)O1. The molecule has 80 valence electrons. The lowest BCUT2D eigenvalue weighted by Gasteiger charge is -2.14. The Morgan fingerprint density at radius 2 is 1.86 bits per heavy atom. The Morgan fingerprint density at radius 1 is 1.29 bits per heavy atom. The Kier molecular flexibility index (Phi) is 3.43. The van der Waals surface area contributed by atoms with Crippen molar-refractivity contribution < 1.29 is 23.9 Å². The quantitative estimate of drug-likeness (QED) is 0.555. The number of methoxy groups -OCH3 is 2. The van der Waals surface area contributed by atoms with Crippen molar-refractivity contribution in [2.24, 2.45) is 0 Å². The van der Waals surface area contributed by atoms with E-state index >= 15 is 0 Å². The van der Waals surface area contributed by atoms with Gasteiger partial charge in [0.15, 0.2) is 6.10 Å². The third kappa shape index (κ3) is 2.02. The molecule has 14 heavy (non-hydrogen) atoms. The predicted octanol–water partition coefficient (Wildman–Crippen LogP) is -0.663. The highest BCUT2D eigenvalue weighted by Crippen LogP contribution is 2.20. The van der Waals surface area contributed by atoms with Crippen LogP contribution in [0.1, 0.15) is 6.42 Å². The van der Waals surface area contributed by atoms with Gasteiger partial charge in [0.2, 0.25) is 0 Å². The van der Waals surface area contributed by atoms with Gasteiger partial charge in [-0.15, -0.1) is 0 Å². The summed E-state index contributed by atoms with van der Waals surface area (Å²) in [6.45, 7) is 0. The third-order valence-corrected chi connectivity index (χ3v) is 2.11. The van der Waals surface area contributed by atoms with Crippen LogP contribution >= 0.6 is 0 Å².